The molecule has 0 unspecified atom stereocenters. The molecule has 0 bridgehead atoms. The normalized spacial score (nSPS) is 15.8. The summed E-state index contributed by atoms with van der Waals surface area (Å²) in [5, 5.41) is 0.879. The van der Waals surface area contributed by atoms with Crippen molar-refractivity contribution in [2.24, 2.45) is 0 Å². The molecular formula is C34H32FN5O3S. The van der Waals surface area contributed by atoms with E-state index in [-0.39, 0.29) is 22.7 Å². The Kier molecular flexibility index (Phi) is 8.03. The summed E-state index contributed by atoms with van der Waals surface area (Å²) in [6, 6.07) is 27.1. The number of fused-ring (bicyclic) bond motifs is 1. The molecule has 0 aliphatic carbocycles. The van der Waals surface area contributed by atoms with E-state index in [1.165, 1.54) is 12.1 Å². The molecule has 3 N–H and O–H groups in total. The van der Waals surface area contributed by atoms with E-state index in [0.29, 0.717) is 65.3 Å². The van der Waals surface area contributed by atoms with Crippen LogP contribution in [0.2, 0.25) is 0 Å². The lowest BCUT2D eigenvalue weighted by Crippen LogP contribution is -2.53. The van der Waals surface area contributed by atoms with Crippen LogP contribution in [0.5, 0.6) is 0 Å². The minimum absolute atomic E-state index is 0.0621. The summed E-state index contributed by atoms with van der Waals surface area (Å²) in [5.74, 6) is -0.366. The molecule has 6 rings (SSSR count). The largest absolute Gasteiger partial charge is 0.399 e. The Bertz CT molecular complexity index is 1940. The summed E-state index contributed by atoms with van der Waals surface area (Å²) >= 11 is 0. The van der Waals surface area contributed by atoms with Crippen molar-refractivity contribution < 1.29 is 17.6 Å². The second-order valence-electron chi connectivity index (χ2n) is 11.0. The number of amides is 1. The summed E-state index contributed by atoms with van der Waals surface area (Å²) in [6.45, 7) is 4.21. The second kappa shape index (κ2) is 12.1. The average molecular weight is 610 g/mol. The number of nitrogens with zero attached hydrogens (tertiary/aromatic N) is 3. The van der Waals surface area contributed by atoms with Gasteiger partial charge in [0.1, 0.15) is 5.82 Å². The van der Waals surface area contributed by atoms with Crippen molar-refractivity contribution in [3.8, 4) is 11.1 Å². The van der Waals surface area contributed by atoms with Crippen LogP contribution in [-0.2, 0) is 16.6 Å². The van der Waals surface area contributed by atoms with Gasteiger partial charge in [0, 0.05) is 77.4 Å². The van der Waals surface area contributed by atoms with Crippen molar-refractivity contribution in [3.63, 3.8) is 0 Å². The molecule has 0 spiro atoms. The Balaban J connectivity index is 1.17. The van der Waals surface area contributed by atoms with Crippen molar-refractivity contribution in [2.75, 3.05) is 30.1 Å². The average Bonchev–Trinajstić information content (AvgIpc) is 3.02. The number of anilines is 2. The molecule has 0 saturated carbocycles. The Morgan fingerprint density at radius 3 is 2.50 bits per heavy atom. The molecule has 1 fully saturated rings. The fourth-order valence-corrected chi connectivity index (χ4v) is 6.98. The highest BCUT2D eigenvalue weighted by Gasteiger charge is 2.29. The molecule has 224 valence electrons. The van der Waals surface area contributed by atoms with Crippen molar-refractivity contribution >= 4 is 38.2 Å². The van der Waals surface area contributed by atoms with Crippen molar-refractivity contribution in [2.45, 2.75) is 24.4 Å². The fraction of sp³-hybridized carbons (Fsp3) is 0.176. The highest BCUT2D eigenvalue weighted by molar-refractivity contribution is 7.92. The molecule has 4 aromatic carbocycles. The molecule has 1 amide bonds. The van der Waals surface area contributed by atoms with Gasteiger partial charge in [-0.05, 0) is 61.5 Å². The number of piperazine rings is 1. The minimum atomic E-state index is -4.04. The first-order valence-electron chi connectivity index (χ1n) is 14.3. The summed E-state index contributed by atoms with van der Waals surface area (Å²) in [7, 11) is -4.04. The Labute approximate surface area is 256 Å². The lowest BCUT2D eigenvalue weighted by molar-refractivity contribution is 0.0473. The molecule has 2 heterocycles. The van der Waals surface area contributed by atoms with Crippen LogP contribution in [-0.4, -0.2) is 54.8 Å². The maximum atomic E-state index is 14.1. The standard InChI is InChI=1S/C34H32FN5O3S/c1-23-21-39(22-26-6-2-3-10-31(26)35)18-19-40(23)34(41)25-11-14-28(15-12-25)38-44(42,43)32-16-13-27(36)20-30(32)29-9-4-7-24-8-5-17-37-33(24)29/h2-17,20,23,38H,18-19,21-22,36H2,1H3/t23-/m0/s1. The number of carbonyl (C=O) groups is 1. The van der Waals surface area contributed by atoms with Gasteiger partial charge in [-0.25, -0.2) is 12.8 Å². The van der Waals surface area contributed by atoms with E-state index in [9.17, 15) is 17.6 Å². The number of hydrogen-bond acceptors (Lipinski definition) is 6. The molecule has 8 nitrogen and oxygen atoms in total. The van der Waals surface area contributed by atoms with Gasteiger partial charge in [-0.2, -0.15) is 0 Å². The van der Waals surface area contributed by atoms with Gasteiger partial charge in [-0.3, -0.25) is 19.4 Å². The monoisotopic (exact) mass is 609 g/mol. The smallest absolute Gasteiger partial charge is 0.262 e. The van der Waals surface area contributed by atoms with Gasteiger partial charge in [-0.1, -0.05) is 42.5 Å². The van der Waals surface area contributed by atoms with E-state index in [2.05, 4.69) is 14.6 Å². The first kappa shape index (κ1) is 29.3. The molecule has 1 aromatic heterocycles. The van der Waals surface area contributed by atoms with Gasteiger partial charge in [-0.15, -0.1) is 0 Å². The molecular weight excluding hydrogens is 577 g/mol. The van der Waals surface area contributed by atoms with Crippen LogP contribution in [0.1, 0.15) is 22.8 Å². The number of carbonyl (C=O) groups excluding carboxylic acids is 1. The van der Waals surface area contributed by atoms with E-state index in [0.717, 1.165) is 5.39 Å². The molecule has 0 radical (unpaired) electrons. The zero-order valence-corrected chi connectivity index (χ0v) is 25.0. The lowest BCUT2D eigenvalue weighted by Gasteiger charge is -2.40. The zero-order valence-electron chi connectivity index (χ0n) is 24.2. The number of sulfonamides is 1. The number of rotatable bonds is 7. The topological polar surface area (TPSA) is 109 Å². The van der Waals surface area contributed by atoms with Gasteiger partial charge in [0.2, 0.25) is 0 Å². The third-order valence-electron chi connectivity index (χ3n) is 7.92. The number of halogens is 1. The number of aromatic nitrogens is 1. The molecule has 1 aliphatic rings. The van der Waals surface area contributed by atoms with Gasteiger partial charge in [0.05, 0.1) is 10.4 Å². The van der Waals surface area contributed by atoms with Gasteiger partial charge in [0.25, 0.3) is 15.9 Å². The SMILES string of the molecule is C[C@H]1CN(Cc2ccccc2F)CCN1C(=O)c1ccc(NS(=O)(=O)c2ccc(N)cc2-c2cccc3cccnc23)cc1. The molecule has 1 atom stereocenters. The van der Waals surface area contributed by atoms with E-state index in [1.54, 1.807) is 59.6 Å². The number of benzene rings is 4. The number of pyridine rings is 1. The summed E-state index contributed by atoms with van der Waals surface area (Å²) in [6.07, 6.45) is 1.67. The number of nitrogens with one attached hydrogen (secondary N) is 1. The quantitative estimate of drug-likeness (QED) is 0.227. The molecule has 10 heteroatoms. The highest BCUT2D eigenvalue weighted by Crippen LogP contribution is 2.34. The Morgan fingerprint density at radius 2 is 1.73 bits per heavy atom. The van der Waals surface area contributed by atoms with Crippen LogP contribution < -0.4 is 10.5 Å². The molecule has 1 saturated heterocycles. The summed E-state index contributed by atoms with van der Waals surface area (Å²) in [5.41, 5.74) is 9.69. The highest BCUT2D eigenvalue weighted by atomic mass is 32.2. The molecule has 5 aromatic rings. The molecule has 44 heavy (non-hydrogen) atoms. The zero-order chi connectivity index (χ0) is 30.8. The third-order valence-corrected chi connectivity index (χ3v) is 9.36. The first-order valence-corrected chi connectivity index (χ1v) is 15.8. The lowest BCUT2D eigenvalue weighted by atomic mass is 10.0. The maximum absolute atomic E-state index is 14.1. The van der Waals surface area contributed by atoms with E-state index >= 15 is 0 Å². The minimum Gasteiger partial charge on any atom is -0.399 e. The van der Waals surface area contributed by atoms with Crippen molar-refractivity contribution in [3.05, 3.63) is 120 Å². The number of hydrogen-bond donors (Lipinski definition) is 2. The predicted octanol–water partition coefficient (Wildman–Crippen LogP) is 5.77. The van der Waals surface area contributed by atoms with E-state index < -0.39 is 10.0 Å². The summed E-state index contributed by atoms with van der Waals surface area (Å²) < 4.78 is 44.1. The second-order valence-corrected chi connectivity index (χ2v) is 12.6. The number of nitrogen functional groups attached to an aromatic ring is 1. The van der Waals surface area contributed by atoms with Crippen molar-refractivity contribution in [1.82, 2.24) is 14.8 Å². The predicted molar refractivity (Wildman–Crippen MR) is 171 cm³/mol. The summed E-state index contributed by atoms with van der Waals surface area (Å²) in [4.78, 5) is 21.9. The Morgan fingerprint density at radius 1 is 0.955 bits per heavy atom. The van der Waals surface area contributed by atoms with E-state index in [1.807, 2.05) is 43.3 Å². The number of nitrogens with two attached hydrogens (primary N) is 1. The van der Waals surface area contributed by atoms with Crippen LogP contribution in [0.25, 0.3) is 22.0 Å². The Hall–Kier alpha value is -4.80. The van der Waals surface area contributed by atoms with Gasteiger partial charge in [0.15, 0.2) is 0 Å². The fourth-order valence-electron chi connectivity index (χ4n) is 5.72. The van der Waals surface area contributed by atoms with Crippen LogP contribution in [0.3, 0.4) is 0 Å². The first-order chi connectivity index (χ1) is 21.2. The third kappa shape index (κ3) is 5.99. The van der Waals surface area contributed by atoms with Gasteiger partial charge < -0.3 is 10.6 Å². The van der Waals surface area contributed by atoms with E-state index in [4.69, 9.17) is 5.73 Å². The van der Waals surface area contributed by atoms with Crippen molar-refractivity contribution in [1.29, 1.82) is 0 Å². The maximum Gasteiger partial charge on any atom is 0.262 e. The van der Waals surface area contributed by atoms with Crippen LogP contribution in [0, 0.1) is 5.82 Å². The molecule has 1 aliphatic heterocycles. The van der Waals surface area contributed by atoms with Crippen LogP contribution in [0.4, 0.5) is 15.8 Å². The van der Waals surface area contributed by atoms with Gasteiger partial charge >= 0.3 is 0 Å². The van der Waals surface area contributed by atoms with Crippen LogP contribution in [0.15, 0.2) is 108 Å². The van der Waals surface area contributed by atoms with Crippen LogP contribution >= 0.6 is 0 Å². The number of para-hydroxylation sites is 1.